The van der Waals surface area contributed by atoms with Crippen LogP contribution in [0.4, 0.5) is 0 Å². The smallest absolute Gasteiger partial charge is 0.241 e. The van der Waals surface area contributed by atoms with Gasteiger partial charge < -0.3 is 10.6 Å². The number of hydrogen-bond acceptors (Lipinski definition) is 4. The van der Waals surface area contributed by atoms with Gasteiger partial charge in [-0.15, -0.1) is 0 Å². The second-order valence-corrected chi connectivity index (χ2v) is 8.31. The number of nitrogens with one attached hydrogen (secondary N) is 1. The summed E-state index contributed by atoms with van der Waals surface area (Å²) in [5, 5.41) is 0. The molecule has 0 spiro atoms. The topological polar surface area (TPSA) is 92.5 Å². The Hall–Kier alpha value is -1.44. The number of nitrogens with zero attached hydrogens (tertiary/aromatic N) is 1. The van der Waals surface area contributed by atoms with Crippen molar-refractivity contribution in [3.05, 3.63) is 28.8 Å². The quantitative estimate of drug-likeness (QED) is 0.801. The number of hydrogen-bond donors (Lipinski definition) is 2. The minimum absolute atomic E-state index is 0.0222. The molecule has 1 fully saturated rings. The van der Waals surface area contributed by atoms with Crippen LogP contribution in [0.15, 0.2) is 17.0 Å². The Bertz CT molecular complexity index is 693. The van der Waals surface area contributed by atoms with Gasteiger partial charge in [0.15, 0.2) is 0 Å². The van der Waals surface area contributed by atoms with Crippen molar-refractivity contribution < 1.29 is 13.2 Å². The van der Waals surface area contributed by atoms with Crippen LogP contribution in [0.5, 0.6) is 0 Å². The van der Waals surface area contributed by atoms with E-state index in [-0.39, 0.29) is 18.9 Å². The molecule has 1 aliphatic heterocycles. The summed E-state index contributed by atoms with van der Waals surface area (Å²) in [7, 11) is -3.61. The highest BCUT2D eigenvalue weighted by Crippen LogP contribution is 2.21. The third-order valence-electron chi connectivity index (χ3n) is 4.48. The van der Waals surface area contributed by atoms with Gasteiger partial charge in [0, 0.05) is 26.1 Å². The van der Waals surface area contributed by atoms with Crippen molar-refractivity contribution in [1.82, 2.24) is 9.62 Å². The molecule has 0 saturated carbocycles. The number of carbonyl (C=O) groups is 1. The average molecular weight is 353 g/mol. The standard InChI is InChI=1S/C17H27N3O3S/c1-12-8-13(2)17(14(3)9-12)24(22,23)19-6-4-16(21)20-7-5-15(10-18)11-20/h8-9,15,19H,4-7,10-11,18H2,1-3H3. The summed E-state index contributed by atoms with van der Waals surface area (Å²) >= 11 is 0. The maximum atomic E-state index is 12.5. The molecule has 134 valence electrons. The number of amides is 1. The third-order valence-corrected chi connectivity index (χ3v) is 6.24. The van der Waals surface area contributed by atoms with E-state index in [2.05, 4.69) is 4.72 Å². The van der Waals surface area contributed by atoms with Crippen molar-refractivity contribution in [2.45, 2.75) is 38.5 Å². The predicted molar refractivity (Wildman–Crippen MR) is 94.2 cm³/mol. The molecule has 2 rings (SSSR count). The van der Waals surface area contributed by atoms with Gasteiger partial charge in [-0.2, -0.15) is 0 Å². The van der Waals surface area contributed by atoms with E-state index in [4.69, 9.17) is 5.73 Å². The first kappa shape index (κ1) is 18.9. The van der Waals surface area contributed by atoms with E-state index in [1.54, 1.807) is 18.7 Å². The van der Waals surface area contributed by atoms with Crippen LogP contribution in [-0.2, 0) is 14.8 Å². The molecule has 7 heteroatoms. The molecule has 1 aromatic rings. The zero-order chi connectivity index (χ0) is 17.9. The second kappa shape index (κ2) is 7.63. The van der Waals surface area contributed by atoms with Crippen LogP contribution in [0.3, 0.4) is 0 Å². The molecule has 0 radical (unpaired) electrons. The third kappa shape index (κ3) is 4.34. The van der Waals surface area contributed by atoms with Gasteiger partial charge in [0.25, 0.3) is 0 Å². The lowest BCUT2D eigenvalue weighted by molar-refractivity contribution is -0.130. The Morgan fingerprint density at radius 1 is 1.29 bits per heavy atom. The molecule has 1 heterocycles. The van der Waals surface area contributed by atoms with Crippen LogP contribution in [0.25, 0.3) is 0 Å². The number of sulfonamides is 1. The Morgan fingerprint density at radius 2 is 1.92 bits per heavy atom. The number of nitrogens with two attached hydrogens (primary N) is 1. The maximum Gasteiger partial charge on any atom is 0.241 e. The lowest BCUT2D eigenvalue weighted by Gasteiger charge is -2.17. The fourth-order valence-electron chi connectivity index (χ4n) is 3.36. The van der Waals surface area contributed by atoms with Crippen molar-refractivity contribution in [2.24, 2.45) is 11.7 Å². The monoisotopic (exact) mass is 353 g/mol. The molecule has 1 aromatic carbocycles. The number of aryl methyl sites for hydroxylation is 3. The molecule has 1 aliphatic rings. The number of carbonyl (C=O) groups excluding carboxylic acids is 1. The fourth-order valence-corrected chi connectivity index (χ4v) is 4.85. The molecule has 24 heavy (non-hydrogen) atoms. The molecule has 1 unspecified atom stereocenters. The van der Waals surface area contributed by atoms with Crippen LogP contribution in [0.1, 0.15) is 29.5 Å². The lowest BCUT2D eigenvalue weighted by atomic mass is 10.1. The second-order valence-electron chi connectivity index (χ2n) is 6.61. The Balaban J connectivity index is 1.95. The van der Waals surface area contributed by atoms with Crippen molar-refractivity contribution in [3.8, 4) is 0 Å². The summed E-state index contributed by atoms with van der Waals surface area (Å²) < 4.78 is 27.6. The highest BCUT2D eigenvalue weighted by Gasteiger charge is 2.25. The summed E-state index contributed by atoms with van der Waals surface area (Å²) in [5.41, 5.74) is 8.10. The Labute approximate surface area is 144 Å². The predicted octanol–water partition coefficient (Wildman–Crippen LogP) is 1.09. The van der Waals surface area contributed by atoms with Crippen LogP contribution in [0.2, 0.25) is 0 Å². The van der Waals surface area contributed by atoms with Crippen LogP contribution >= 0.6 is 0 Å². The van der Waals surface area contributed by atoms with Crippen LogP contribution in [-0.4, -0.2) is 45.4 Å². The van der Waals surface area contributed by atoms with Gasteiger partial charge in [-0.25, -0.2) is 13.1 Å². The minimum Gasteiger partial charge on any atom is -0.342 e. The van der Waals surface area contributed by atoms with E-state index in [0.29, 0.717) is 30.4 Å². The molecule has 1 saturated heterocycles. The molecular formula is C17H27N3O3S. The minimum atomic E-state index is -3.61. The van der Waals surface area contributed by atoms with E-state index in [1.807, 2.05) is 19.1 Å². The van der Waals surface area contributed by atoms with Gasteiger partial charge in [-0.1, -0.05) is 17.7 Å². The summed E-state index contributed by atoms with van der Waals surface area (Å²) in [6.07, 6.45) is 1.09. The average Bonchev–Trinajstić information content (AvgIpc) is 2.94. The normalized spacial score (nSPS) is 18.2. The zero-order valence-corrected chi connectivity index (χ0v) is 15.4. The van der Waals surface area contributed by atoms with Gasteiger partial charge >= 0.3 is 0 Å². The first-order valence-electron chi connectivity index (χ1n) is 8.30. The largest absolute Gasteiger partial charge is 0.342 e. The molecule has 1 amide bonds. The highest BCUT2D eigenvalue weighted by molar-refractivity contribution is 7.89. The summed E-state index contributed by atoms with van der Waals surface area (Å²) in [6, 6.07) is 3.70. The first-order chi connectivity index (χ1) is 11.2. The number of benzene rings is 1. The highest BCUT2D eigenvalue weighted by atomic mass is 32.2. The van der Waals surface area contributed by atoms with Crippen molar-refractivity contribution in [2.75, 3.05) is 26.2 Å². The van der Waals surface area contributed by atoms with Gasteiger partial charge in [0.05, 0.1) is 4.90 Å². The van der Waals surface area contributed by atoms with Crippen LogP contribution in [0, 0.1) is 26.7 Å². The summed E-state index contributed by atoms with van der Waals surface area (Å²) in [4.78, 5) is 14.2. The van der Waals surface area contributed by atoms with Crippen molar-refractivity contribution in [1.29, 1.82) is 0 Å². The molecule has 0 bridgehead atoms. The van der Waals surface area contributed by atoms with Crippen molar-refractivity contribution in [3.63, 3.8) is 0 Å². The van der Waals surface area contributed by atoms with E-state index in [1.165, 1.54) is 0 Å². The zero-order valence-electron chi connectivity index (χ0n) is 14.6. The van der Waals surface area contributed by atoms with Gasteiger partial charge in [0.1, 0.15) is 0 Å². The van der Waals surface area contributed by atoms with E-state index < -0.39 is 10.0 Å². The van der Waals surface area contributed by atoms with Crippen LogP contribution < -0.4 is 10.5 Å². The summed E-state index contributed by atoms with van der Waals surface area (Å²) in [5.74, 6) is 0.342. The van der Waals surface area contributed by atoms with E-state index in [0.717, 1.165) is 23.1 Å². The summed E-state index contributed by atoms with van der Waals surface area (Å²) in [6.45, 7) is 7.60. The lowest BCUT2D eigenvalue weighted by Crippen LogP contribution is -2.34. The SMILES string of the molecule is Cc1cc(C)c(S(=O)(=O)NCCC(=O)N2CCC(CN)C2)c(C)c1. The maximum absolute atomic E-state index is 12.5. The molecule has 0 aliphatic carbocycles. The van der Waals surface area contributed by atoms with E-state index in [9.17, 15) is 13.2 Å². The first-order valence-corrected chi connectivity index (χ1v) is 9.78. The fraction of sp³-hybridized carbons (Fsp3) is 0.588. The van der Waals surface area contributed by atoms with Gasteiger partial charge in [-0.05, 0) is 50.8 Å². The molecule has 1 atom stereocenters. The van der Waals surface area contributed by atoms with Gasteiger partial charge in [0.2, 0.25) is 15.9 Å². The molecular weight excluding hydrogens is 326 g/mol. The van der Waals surface area contributed by atoms with Crippen molar-refractivity contribution >= 4 is 15.9 Å². The number of likely N-dealkylation sites (tertiary alicyclic amines) is 1. The molecule has 0 aromatic heterocycles. The molecule has 6 nitrogen and oxygen atoms in total. The Kier molecular flexibility index (Phi) is 6.01. The van der Waals surface area contributed by atoms with E-state index >= 15 is 0 Å². The number of rotatable bonds is 6. The van der Waals surface area contributed by atoms with Gasteiger partial charge in [-0.3, -0.25) is 4.79 Å². The molecule has 3 N–H and O–H groups in total. The Morgan fingerprint density at radius 3 is 2.46 bits per heavy atom.